The van der Waals surface area contributed by atoms with E-state index in [1.54, 1.807) is 21.8 Å². The summed E-state index contributed by atoms with van der Waals surface area (Å²) >= 11 is 0. The van der Waals surface area contributed by atoms with Crippen molar-refractivity contribution in [1.29, 1.82) is 0 Å². The zero-order valence-electron chi connectivity index (χ0n) is 17.1. The average Bonchev–Trinajstić information content (AvgIpc) is 2.67. The van der Waals surface area contributed by atoms with Crippen LogP contribution in [0.2, 0.25) is 0 Å². The first-order valence-corrected chi connectivity index (χ1v) is 9.87. The van der Waals surface area contributed by atoms with E-state index in [0.29, 0.717) is 18.7 Å². The van der Waals surface area contributed by atoms with Crippen molar-refractivity contribution in [2.24, 2.45) is 5.92 Å². The highest BCUT2D eigenvalue weighted by Crippen LogP contribution is 2.28. The van der Waals surface area contributed by atoms with Crippen molar-refractivity contribution >= 4 is 6.09 Å². The first kappa shape index (κ1) is 20.1. The molecule has 2 aromatic rings. The molecular weight excluding hydrogens is 354 g/mol. The fraction of sp³-hybridized carbons (Fsp3) is 0.500. The Labute approximate surface area is 166 Å². The summed E-state index contributed by atoms with van der Waals surface area (Å²) in [6.07, 6.45) is 3.07. The normalized spacial score (nSPS) is 16.6. The van der Waals surface area contributed by atoms with Gasteiger partial charge in [-0.2, -0.15) is 5.10 Å². The predicted molar refractivity (Wildman–Crippen MR) is 109 cm³/mol. The third-order valence-corrected chi connectivity index (χ3v) is 5.21. The Morgan fingerprint density at radius 1 is 1.14 bits per heavy atom. The molecule has 1 fully saturated rings. The smallest absolute Gasteiger partial charge is 0.410 e. The molecule has 1 aromatic carbocycles. The lowest BCUT2D eigenvalue weighted by molar-refractivity contribution is 0.0162. The van der Waals surface area contributed by atoms with Gasteiger partial charge < -0.3 is 9.64 Å². The molecule has 1 saturated heterocycles. The summed E-state index contributed by atoms with van der Waals surface area (Å²) in [6.45, 7) is 8.93. The van der Waals surface area contributed by atoms with Crippen molar-refractivity contribution in [1.82, 2.24) is 14.7 Å². The van der Waals surface area contributed by atoms with Crippen molar-refractivity contribution in [2.75, 3.05) is 13.1 Å². The van der Waals surface area contributed by atoms with Crippen molar-refractivity contribution in [3.8, 4) is 11.1 Å². The van der Waals surface area contributed by atoms with Crippen LogP contribution in [0.3, 0.4) is 0 Å². The Morgan fingerprint density at radius 2 is 1.79 bits per heavy atom. The van der Waals surface area contributed by atoms with Gasteiger partial charge in [-0.3, -0.25) is 4.79 Å². The van der Waals surface area contributed by atoms with Crippen LogP contribution in [0.5, 0.6) is 0 Å². The minimum Gasteiger partial charge on any atom is -0.444 e. The van der Waals surface area contributed by atoms with Crippen LogP contribution in [0.1, 0.15) is 46.6 Å². The van der Waals surface area contributed by atoms with Crippen molar-refractivity contribution in [3.63, 3.8) is 0 Å². The number of nitrogens with zero attached hydrogens (tertiary/aromatic N) is 3. The molecule has 0 saturated carbocycles. The third kappa shape index (κ3) is 4.61. The van der Waals surface area contributed by atoms with Crippen molar-refractivity contribution < 1.29 is 9.53 Å². The topological polar surface area (TPSA) is 64.4 Å². The summed E-state index contributed by atoms with van der Waals surface area (Å²) < 4.78 is 7.05. The number of likely N-dealkylation sites (tertiary alicyclic amines) is 1. The molecule has 0 radical (unpaired) electrons. The molecule has 3 rings (SSSR count). The number of ether oxygens (including phenoxy) is 1. The minimum absolute atomic E-state index is 0.0306. The van der Waals surface area contributed by atoms with Gasteiger partial charge in [-0.1, -0.05) is 30.3 Å². The zero-order chi connectivity index (χ0) is 20.3. The fourth-order valence-corrected chi connectivity index (χ4v) is 3.64. The predicted octanol–water partition coefficient (Wildman–Crippen LogP) is 4.12. The molecule has 1 aliphatic heterocycles. The van der Waals surface area contributed by atoms with E-state index < -0.39 is 5.60 Å². The SMILES string of the molecule is CC(C1CCN(C(=O)OC(C)(C)C)CC1)n1nccc(-c2ccccc2)c1=O. The minimum atomic E-state index is -0.490. The number of piperidine rings is 1. The fourth-order valence-electron chi connectivity index (χ4n) is 3.64. The number of hydrogen-bond acceptors (Lipinski definition) is 4. The number of benzene rings is 1. The van der Waals surface area contributed by atoms with Crippen LogP contribution in [0.15, 0.2) is 47.4 Å². The van der Waals surface area contributed by atoms with Crippen LogP contribution in [-0.2, 0) is 4.74 Å². The Balaban J connectivity index is 1.70. The molecule has 6 heteroatoms. The molecule has 1 unspecified atom stereocenters. The van der Waals surface area contributed by atoms with Gasteiger partial charge in [0.2, 0.25) is 0 Å². The average molecular weight is 383 g/mol. The maximum atomic E-state index is 13.0. The molecular formula is C22H29N3O3. The number of hydrogen-bond donors (Lipinski definition) is 0. The van der Waals surface area contributed by atoms with Crippen LogP contribution in [-0.4, -0.2) is 39.5 Å². The van der Waals surface area contributed by atoms with Crippen molar-refractivity contribution in [2.45, 2.75) is 52.2 Å². The zero-order valence-corrected chi connectivity index (χ0v) is 17.1. The summed E-state index contributed by atoms with van der Waals surface area (Å²) in [7, 11) is 0. The highest BCUT2D eigenvalue weighted by Gasteiger charge is 2.30. The van der Waals surface area contributed by atoms with Crippen LogP contribution in [0.25, 0.3) is 11.1 Å². The summed E-state index contributed by atoms with van der Waals surface area (Å²) in [5.41, 5.74) is 0.996. The molecule has 1 aromatic heterocycles. The van der Waals surface area contributed by atoms with Crippen LogP contribution in [0.4, 0.5) is 4.79 Å². The van der Waals surface area contributed by atoms with E-state index in [4.69, 9.17) is 4.74 Å². The van der Waals surface area contributed by atoms with Gasteiger partial charge in [-0.25, -0.2) is 9.48 Å². The Hall–Kier alpha value is -2.63. The van der Waals surface area contributed by atoms with E-state index in [2.05, 4.69) is 5.10 Å². The van der Waals surface area contributed by atoms with Crippen molar-refractivity contribution in [3.05, 3.63) is 52.9 Å². The second-order valence-corrected chi connectivity index (χ2v) is 8.41. The number of carbonyl (C=O) groups is 1. The van der Waals surface area contributed by atoms with Gasteiger partial charge in [0, 0.05) is 19.3 Å². The molecule has 0 aliphatic carbocycles. The van der Waals surface area contributed by atoms with Gasteiger partial charge >= 0.3 is 6.09 Å². The van der Waals surface area contributed by atoms with Gasteiger partial charge in [-0.15, -0.1) is 0 Å². The van der Waals surface area contributed by atoms with Crippen LogP contribution < -0.4 is 5.56 Å². The molecule has 1 atom stereocenters. The third-order valence-electron chi connectivity index (χ3n) is 5.21. The number of aromatic nitrogens is 2. The molecule has 1 aliphatic rings. The molecule has 6 nitrogen and oxygen atoms in total. The highest BCUT2D eigenvalue weighted by atomic mass is 16.6. The van der Waals surface area contributed by atoms with E-state index in [0.717, 1.165) is 18.4 Å². The largest absolute Gasteiger partial charge is 0.444 e. The standard InChI is InChI=1S/C22H29N3O3/c1-16(17-11-14-24(15-12-17)21(27)28-22(2,3)4)25-20(26)19(10-13-23-25)18-8-6-5-7-9-18/h5-10,13,16-17H,11-12,14-15H2,1-4H3. The maximum absolute atomic E-state index is 13.0. The van der Waals surface area contributed by atoms with Gasteiger partial charge in [0.1, 0.15) is 5.60 Å². The summed E-state index contributed by atoms with van der Waals surface area (Å²) in [5.74, 6) is 0.287. The summed E-state index contributed by atoms with van der Waals surface area (Å²) in [5, 5.41) is 4.34. The van der Waals surface area contributed by atoms with Gasteiger partial charge in [-0.05, 0) is 58.1 Å². The molecule has 28 heavy (non-hydrogen) atoms. The van der Waals surface area contributed by atoms with E-state index in [-0.39, 0.29) is 23.6 Å². The molecule has 1 amide bonds. The van der Waals surface area contributed by atoms with E-state index in [1.165, 1.54) is 0 Å². The Bertz CT molecular complexity index is 863. The molecule has 0 bridgehead atoms. The van der Waals surface area contributed by atoms with E-state index in [9.17, 15) is 9.59 Å². The lowest BCUT2D eigenvalue weighted by atomic mass is 9.90. The first-order valence-electron chi connectivity index (χ1n) is 9.87. The summed E-state index contributed by atoms with van der Waals surface area (Å²) in [6, 6.07) is 11.4. The summed E-state index contributed by atoms with van der Waals surface area (Å²) in [4.78, 5) is 27.0. The number of rotatable bonds is 3. The Kier molecular flexibility index (Phi) is 5.87. The van der Waals surface area contributed by atoms with Gasteiger partial charge in [0.15, 0.2) is 0 Å². The quantitative estimate of drug-likeness (QED) is 0.800. The van der Waals surface area contributed by atoms with Gasteiger partial charge in [0.25, 0.3) is 5.56 Å². The van der Waals surface area contributed by atoms with Crippen LogP contribution >= 0.6 is 0 Å². The van der Waals surface area contributed by atoms with Crippen LogP contribution in [0, 0.1) is 5.92 Å². The van der Waals surface area contributed by atoms with Gasteiger partial charge in [0.05, 0.1) is 11.6 Å². The lowest BCUT2D eigenvalue weighted by Crippen LogP contribution is -2.43. The van der Waals surface area contributed by atoms with E-state index in [1.807, 2.05) is 58.0 Å². The molecule has 150 valence electrons. The second-order valence-electron chi connectivity index (χ2n) is 8.41. The first-order chi connectivity index (χ1) is 13.3. The monoisotopic (exact) mass is 383 g/mol. The highest BCUT2D eigenvalue weighted by molar-refractivity contribution is 5.68. The molecule has 0 spiro atoms. The molecule has 2 heterocycles. The lowest BCUT2D eigenvalue weighted by Gasteiger charge is -2.35. The maximum Gasteiger partial charge on any atom is 0.410 e. The Morgan fingerprint density at radius 3 is 2.39 bits per heavy atom. The number of carbonyl (C=O) groups excluding carboxylic acids is 1. The van der Waals surface area contributed by atoms with E-state index >= 15 is 0 Å². The second kappa shape index (κ2) is 8.17. The number of amides is 1. The molecule has 0 N–H and O–H groups in total.